The second kappa shape index (κ2) is 3.57. The van der Waals surface area contributed by atoms with Gasteiger partial charge in [-0.25, -0.2) is 0 Å². The van der Waals surface area contributed by atoms with Crippen LogP contribution < -0.4 is 5.32 Å². The predicted molar refractivity (Wildman–Crippen MR) is 49.7 cm³/mol. The lowest BCUT2D eigenvalue weighted by molar-refractivity contribution is 0.374. The molecular weight excluding hydrogens is 134 g/mol. The molecule has 1 saturated carbocycles. The first-order chi connectivity index (χ1) is 5.08. The molecule has 0 aromatic carbocycles. The maximum Gasteiger partial charge on any atom is 0.00966 e. The molecule has 1 aliphatic rings. The van der Waals surface area contributed by atoms with Crippen molar-refractivity contribution in [2.75, 3.05) is 6.54 Å². The van der Waals surface area contributed by atoms with Crippen LogP contribution in [-0.4, -0.2) is 12.1 Å². The summed E-state index contributed by atoms with van der Waals surface area (Å²) in [6.07, 6.45) is 5.80. The number of nitrogens with one attached hydrogen (secondary N) is 1. The first-order valence-electron chi connectivity index (χ1n) is 4.83. The van der Waals surface area contributed by atoms with E-state index in [9.17, 15) is 0 Å². The van der Waals surface area contributed by atoms with Gasteiger partial charge in [-0.05, 0) is 46.1 Å². The lowest BCUT2D eigenvalue weighted by atomic mass is 10.0. The van der Waals surface area contributed by atoms with Crippen LogP contribution in [0.2, 0.25) is 0 Å². The van der Waals surface area contributed by atoms with E-state index in [0.29, 0.717) is 5.54 Å². The van der Waals surface area contributed by atoms with Crippen molar-refractivity contribution in [1.29, 1.82) is 0 Å². The second-order valence-corrected chi connectivity index (χ2v) is 4.78. The van der Waals surface area contributed by atoms with Crippen molar-refractivity contribution in [2.24, 2.45) is 5.92 Å². The first kappa shape index (κ1) is 9.05. The number of rotatable bonds is 2. The molecule has 0 amide bonds. The molecule has 11 heavy (non-hydrogen) atoms. The highest BCUT2D eigenvalue weighted by Gasteiger charge is 2.17. The predicted octanol–water partition coefficient (Wildman–Crippen LogP) is 2.56. The van der Waals surface area contributed by atoms with Crippen LogP contribution in [0.15, 0.2) is 0 Å². The Labute approximate surface area is 70.6 Å². The van der Waals surface area contributed by atoms with Crippen LogP contribution in [0.3, 0.4) is 0 Å². The molecule has 1 heteroatoms. The van der Waals surface area contributed by atoms with Crippen molar-refractivity contribution in [1.82, 2.24) is 5.32 Å². The minimum atomic E-state index is 0.308. The third-order valence-electron chi connectivity index (χ3n) is 2.40. The van der Waals surface area contributed by atoms with Crippen molar-refractivity contribution in [3.63, 3.8) is 0 Å². The summed E-state index contributed by atoms with van der Waals surface area (Å²) in [5, 5.41) is 3.56. The smallest absolute Gasteiger partial charge is 0.00966 e. The molecule has 0 atom stereocenters. The van der Waals surface area contributed by atoms with Crippen molar-refractivity contribution in [3.05, 3.63) is 0 Å². The lowest BCUT2D eigenvalue weighted by Gasteiger charge is -2.22. The Balaban J connectivity index is 2.11. The SMILES string of the molecule is CC(C)(C)NCC1CCCC1. The minimum absolute atomic E-state index is 0.308. The second-order valence-electron chi connectivity index (χ2n) is 4.78. The van der Waals surface area contributed by atoms with Gasteiger partial charge in [-0.1, -0.05) is 12.8 Å². The molecule has 1 nitrogen and oxygen atoms in total. The quantitative estimate of drug-likeness (QED) is 0.646. The van der Waals surface area contributed by atoms with Gasteiger partial charge in [0.1, 0.15) is 0 Å². The lowest BCUT2D eigenvalue weighted by Crippen LogP contribution is -2.38. The van der Waals surface area contributed by atoms with Gasteiger partial charge in [0.25, 0.3) is 0 Å². The van der Waals surface area contributed by atoms with E-state index >= 15 is 0 Å². The van der Waals surface area contributed by atoms with E-state index in [0.717, 1.165) is 5.92 Å². The molecule has 0 aromatic rings. The van der Waals surface area contributed by atoms with Crippen LogP contribution in [-0.2, 0) is 0 Å². The van der Waals surface area contributed by atoms with Gasteiger partial charge in [0.15, 0.2) is 0 Å². The summed E-state index contributed by atoms with van der Waals surface area (Å²) in [4.78, 5) is 0. The molecule has 0 aromatic heterocycles. The zero-order valence-electron chi connectivity index (χ0n) is 8.11. The third-order valence-corrected chi connectivity index (χ3v) is 2.40. The fourth-order valence-electron chi connectivity index (χ4n) is 1.67. The Kier molecular flexibility index (Phi) is 2.94. The highest BCUT2D eigenvalue weighted by atomic mass is 14.9. The van der Waals surface area contributed by atoms with E-state index in [2.05, 4.69) is 26.1 Å². The summed E-state index contributed by atoms with van der Waals surface area (Å²) in [6, 6.07) is 0. The Morgan fingerprint density at radius 2 is 1.73 bits per heavy atom. The molecule has 1 aliphatic carbocycles. The van der Waals surface area contributed by atoms with Crippen molar-refractivity contribution in [3.8, 4) is 0 Å². The van der Waals surface area contributed by atoms with Gasteiger partial charge in [0.2, 0.25) is 0 Å². The zero-order valence-corrected chi connectivity index (χ0v) is 8.11. The molecule has 0 saturated heterocycles. The molecule has 1 rings (SSSR count). The fourth-order valence-corrected chi connectivity index (χ4v) is 1.67. The Morgan fingerprint density at radius 1 is 1.18 bits per heavy atom. The summed E-state index contributed by atoms with van der Waals surface area (Å²) in [6.45, 7) is 7.94. The summed E-state index contributed by atoms with van der Waals surface area (Å²) in [5.41, 5.74) is 0.308. The highest BCUT2D eigenvalue weighted by Crippen LogP contribution is 2.24. The number of hydrogen-bond donors (Lipinski definition) is 1. The maximum atomic E-state index is 3.56. The van der Waals surface area contributed by atoms with Crippen LogP contribution in [0.1, 0.15) is 46.5 Å². The minimum Gasteiger partial charge on any atom is -0.312 e. The molecule has 0 aliphatic heterocycles. The van der Waals surface area contributed by atoms with Crippen LogP contribution in [0.25, 0.3) is 0 Å². The van der Waals surface area contributed by atoms with E-state index in [1.165, 1.54) is 32.2 Å². The van der Waals surface area contributed by atoms with Crippen LogP contribution in [0, 0.1) is 5.92 Å². The molecule has 0 unspecified atom stereocenters. The number of hydrogen-bond acceptors (Lipinski definition) is 1. The summed E-state index contributed by atoms with van der Waals surface area (Å²) in [7, 11) is 0. The van der Waals surface area contributed by atoms with E-state index in [1.54, 1.807) is 0 Å². The van der Waals surface area contributed by atoms with Gasteiger partial charge in [-0.3, -0.25) is 0 Å². The van der Waals surface area contributed by atoms with Gasteiger partial charge in [0, 0.05) is 5.54 Å². The maximum absolute atomic E-state index is 3.56. The first-order valence-corrected chi connectivity index (χ1v) is 4.83. The zero-order chi connectivity index (χ0) is 8.32. The molecule has 0 heterocycles. The van der Waals surface area contributed by atoms with Crippen LogP contribution in [0.4, 0.5) is 0 Å². The monoisotopic (exact) mass is 155 g/mol. The third kappa shape index (κ3) is 3.76. The van der Waals surface area contributed by atoms with Gasteiger partial charge in [-0.2, -0.15) is 0 Å². The van der Waals surface area contributed by atoms with E-state index in [4.69, 9.17) is 0 Å². The van der Waals surface area contributed by atoms with Gasteiger partial charge in [-0.15, -0.1) is 0 Å². The molecule has 0 radical (unpaired) electrons. The molecule has 1 N–H and O–H groups in total. The molecule has 66 valence electrons. The van der Waals surface area contributed by atoms with E-state index in [1.807, 2.05) is 0 Å². The average molecular weight is 155 g/mol. The fraction of sp³-hybridized carbons (Fsp3) is 1.00. The molecular formula is C10H21N. The average Bonchev–Trinajstić information content (AvgIpc) is 2.32. The highest BCUT2D eigenvalue weighted by molar-refractivity contribution is 4.75. The van der Waals surface area contributed by atoms with Crippen molar-refractivity contribution >= 4 is 0 Å². The van der Waals surface area contributed by atoms with Crippen molar-refractivity contribution < 1.29 is 0 Å². The Bertz CT molecular complexity index is 107. The molecule has 0 bridgehead atoms. The summed E-state index contributed by atoms with van der Waals surface area (Å²) < 4.78 is 0. The van der Waals surface area contributed by atoms with Crippen molar-refractivity contribution in [2.45, 2.75) is 52.0 Å². The largest absolute Gasteiger partial charge is 0.312 e. The van der Waals surface area contributed by atoms with Crippen LogP contribution in [0.5, 0.6) is 0 Å². The summed E-state index contributed by atoms with van der Waals surface area (Å²) in [5.74, 6) is 0.967. The normalized spacial score (nSPS) is 21.0. The van der Waals surface area contributed by atoms with E-state index < -0.39 is 0 Å². The van der Waals surface area contributed by atoms with Crippen LogP contribution >= 0.6 is 0 Å². The van der Waals surface area contributed by atoms with E-state index in [-0.39, 0.29) is 0 Å². The van der Waals surface area contributed by atoms with Gasteiger partial charge in [0.05, 0.1) is 0 Å². The van der Waals surface area contributed by atoms with Gasteiger partial charge >= 0.3 is 0 Å². The van der Waals surface area contributed by atoms with Gasteiger partial charge < -0.3 is 5.32 Å². The Hall–Kier alpha value is -0.0400. The standard InChI is InChI=1S/C10H21N/c1-10(2,3)11-8-9-6-4-5-7-9/h9,11H,4-8H2,1-3H3. The molecule has 0 spiro atoms. The topological polar surface area (TPSA) is 12.0 Å². The molecule has 1 fully saturated rings. The Morgan fingerprint density at radius 3 is 2.18 bits per heavy atom. The summed E-state index contributed by atoms with van der Waals surface area (Å²) >= 11 is 0.